The molecule has 3 heterocycles. The lowest BCUT2D eigenvalue weighted by Crippen LogP contribution is -2.31. The van der Waals surface area contributed by atoms with Crippen molar-refractivity contribution >= 4 is 23.3 Å². The monoisotopic (exact) mass is 461 g/mol. The Hall–Kier alpha value is -4.01. The van der Waals surface area contributed by atoms with Crippen molar-refractivity contribution in [1.82, 2.24) is 25.5 Å². The van der Waals surface area contributed by atoms with Gasteiger partial charge >= 0.3 is 0 Å². The van der Waals surface area contributed by atoms with Crippen LogP contribution in [0.15, 0.2) is 57.6 Å². The highest BCUT2D eigenvalue weighted by atomic mass is 16.5. The number of nitrogens with zero attached hydrogens (tertiary/aromatic N) is 4. The highest BCUT2D eigenvalue weighted by Crippen LogP contribution is 2.29. The molecule has 2 aromatic heterocycles. The second-order valence-electron chi connectivity index (χ2n) is 8.08. The lowest BCUT2D eigenvalue weighted by atomic mass is 9.97. The Morgan fingerprint density at radius 1 is 1.12 bits per heavy atom. The van der Waals surface area contributed by atoms with E-state index in [9.17, 15) is 9.59 Å². The minimum absolute atomic E-state index is 0.00639. The van der Waals surface area contributed by atoms with Crippen LogP contribution >= 0.6 is 0 Å². The molecule has 1 aliphatic rings. The molecule has 9 nitrogen and oxygen atoms in total. The van der Waals surface area contributed by atoms with Crippen molar-refractivity contribution in [2.24, 2.45) is 0 Å². The molecule has 0 radical (unpaired) electrons. The first-order valence-corrected chi connectivity index (χ1v) is 11.3. The van der Waals surface area contributed by atoms with Crippen LogP contribution in [0.4, 0.5) is 0 Å². The smallest absolute Gasteiger partial charge is 0.251 e. The average Bonchev–Trinajstić information content (AvgIpc) is 3.52. The van der Waals surface area contributed by atoms with Gasteiger partial charge in [0.2, 0.25) is 18.1 Å². The minimum Gasteiger partial charge on any atom is -0.356 e. The van der Waals surface area contributed by atoms with Crippen LogP contribution in [0.25, 0.3) is 22.4 Å². The van der Waals surface area contributed by atoms with Crippen LogP contribution < -0.4 is 5.32 Å². The van der Waals surface area contributed by atoms with Gasteiger partial charge in [0, 0.05) is 42.1 Å². The molecule has 176 valence electrons. The van der Waals surface area contributed by atoms with Gasteiger partial charge in [0.1, 0.15) is 0 Å². The van der Waals surface area contributed by atoms with E-state index in [1.54, 1.807) is 17.0 Å². The lowest BCUT2D eigenvalue weighted by Gasteiger charge is -2.26. The molecule has 0 atom stereocenters. The van der Waals surface area contributed by atoms with Crippen molar-refractivity contribution < 1.29 is 18.6 Å². The van der Waals surface area contributed by atoms with Crippen molar-refractivity contribution in [3.05, 3.63) is 65.7 Å². The number of amides is 2. The molecule has 9 heteroatoms. The van der Waals surface area contributed by atoms with Gasteiger partial charge in [-0.05, 0) is 51.0 Å². The minimum atomic E-state index is -0.00639. The fourth-order valence-corrected chi connectivity index (χ4v) is 3.82. The van der Waals surface area contributed by atoms with Crippen LogP contribution in [0, 0.1) is 6.92 Å². The zero-order valence-electron chi connectivity index (χ0n) is 19.2. The third kappa shape index (κ3) is 5.31. The summed E-state index contributed by atoms with van der Waals surface area (Å²) in [5, 5.41) is 11.7. The van der Waals surface area contributed by atoms with Gasteiger partial charge in [0.25, 0.3) is 5.91 Å². The zero-order chi connectivity index (χ0) is 23.9. The van der Waals surface area contributed by atoms with Crippen LogP contribution in [0.5, 0.6) is 0 Å². The van der Waals surface area contributed by atoms with Crippen LogP contribution in [-0.2, 0) is 4.79 Å². The first-order valence-electron chi connectivity index (χ1n) is 11.3. The van der Waals surface area contributed by atoms with Crippen molar-refractivity contribution in [1.29, 1.82) is 0 Å². The summed E-state index contributed by atoms with van der Waals surface area (Å²) in [5.41, 5.74) is 3.14. The lowest BCUT2D eigenvalue weighted by molar-refractivity contribution is -0.119. The number of fused-ring (bicyclic) bond motifs is 1. The Morgan fingerprint density at radius 2 is 1.88 bits per heavy atom. The second kappa shape index (κ2) is 10.7. The van der Waals surface area contributed by atoms with Gasteiger partial charge in [-0.3, -0.25) is 9.59 Å². The van der Waals surface area contributed by atoms with E-state index in [1.807, 2.05) is 50.2 Å². The molecule has 1 N–H and O–H groups in total. The maximum absolute atomic E-state index is 11.1. The number of nitrogens with one attached hydrogen (secondary N) is 1. The number of aryl methyl sites for hydroxylation is 1. The van der Waals surface area contributed by atoms with Gasteiger partial charge in [-0.1, -0.05) is 34.6 Å². The van der Waals surface area contributed by atoms with E-state index in [4.69, 9.17) is 9.05 Å². The molecule has 1 fully saturated rings. The Morgan fingerprint density at radius 3 is 2.59 bits per heavy atom. The van der Waals surface area contributed by atoms with E-state index >= 15 is 0 Å². The molecular formula is C25H27N5O4. The van der Waals surface area contributed by atoms with E-state index in [0.29, 0.717) is 29.4 Å². The molecule has 0 unspecified atom stereocenters. The van der Waals surface area contributed by atoms with Gasteiger partial charge in [0.15, 0.2) is 5.58 Å². The highest BCUT2D eigenvalue weighted by molar-refractivity contribution is 5.94. The number of likely N-dealkylation sites (tertiary alicyclic amines) is 1. The number of benzene rings is 2. The predicted octanol–water partition coefficient (Wildman–Crippen LogP) is 3.96. The molecular weight excluding hydrogens is 434 g/mol. The fraction of sp³-hybridized carbons (Fsp3) is 0.320. The largest absolute Gasteiger partial charge is 0.356 e. The summed E-state index contributed by atoms with van der Waals surface area (Å²) >= 11 is 0. The van der Waals surface area contributed by atoms with E-state index in [0.717, 1.165) is 49.0 Å². The summed E-state index contributed by atoms with van der Waals surface area (Å²) in [5.74, 6) is 1.39. The van der Waals surface area contributed by atoms with Gasteiger partial charge in [0.05, 0.1) is 5.69 Å². The predicted molar refractivity (Wildman–Crippen MR) is 126 cm³/mol. The Labute approximate surface area is 197 Å². The van der Waals surface area contributed by atoms with Gasteiger partial charge < -0.3 is 19.3 Å². The molecule has 4 aromatic rings. The van der Waals surface area contributed by atoms with Gasteiger partial charge in [-0.25, -0.2) is 0 Å². The van der Waals surface area contributed by atoms with Crippen molar-refractivity contribution in [2.45, 2.75) is 32.6 Å². The molecule has 1 aliphatic heterocycles. The third-order valence-corrected chi connectivity index (χ3v) is 5.75. The van der Waals surface area contributed by atoms with Gasteiger partial charge in [-0.2, -0.15) is 4.98 Å². The summed E-state index contributed by atoms with van der Waals surface area (Å²) in [4.78, 5) is 28.2. The topological polar surface area (TPSA) is 114 Å². The highest BCUT2D eigenvalue weighted by Gasteiger charge is 2.25. The SMILES string of the molecule is CCNC(=O)c1ccccc1.Cc1noc2cc(-c3noc(C4CCN(C=O)CC4)n3)ccc12. The number of piperidine rings is 1. The molecule has 1 saturated heterocycles. The first-order chi connectivity index (χ1) is 16.6. The quantitative estimate of drug-likeness (QED) is 0.447. The van der Waals surface area contributed by atoms with Crippen molar-refractivity contribution in [3.8, 4) is 11.4 Å². The van der Waals surface area contributed by atoms with E-state index < -0.39 is 0 Å². The summed E-state index contributed by atoms with van der Waals surface area (Å²) in [6.07, 6.45) is 2.59. The fourth-order valence-electron chi connectivity index (χ4n) is 3.82. The summed E-state index contributed by atoms with van der Waals surface area (Å²) < 4.78 is 10.7. The molecule has 2 amide bonds. The van der Waals surface area contributed by atoms with Crippen LogP contribution in [0.3, 0.4) is 0 Å². The number of hydrogen-bond acceptors (Lipinski definition) is 7. The molecule has 5 rings (SSSR count). The second-order valence-corrected chi connectivity index (χ2v) is 8.08. The molecule has 0 saturated carbocycles. The number of rotatable bonds is 5. The normalized spacial score (nSPS) is 13.9. The third-order valence-electron chi connectivity index (χ3n) is 5.75. The molecule has 0 bridgehead atoms. The molecule has 0 spiro atoms. The van der Waals surface area contributed by atoms with Crippen LogP contribution in [-0.4, -0.2) is 52.1 Å². The Bertz CT molecular complexity index is 1240. The Kier molecular flexibility index (Phi) is 7.31. The number of hydrogen-bond donors (Lipinski definition) is 1. The maximum Gasteiger partial charge on any atom is 0.251 e. The standard InChI is InChI=1S/C16H16N4O3.C9H11NO/c1-10-13-3-2-12(8-14(13)22-18-10)15-17-16(23-19-15)11-4-6-20(9-21)7-5-11;1-2-10-9(11)8-6-4-3-5-7-8/h2-3,8-9,11H,4-7H2,1H3;3-7H,2H2,1H3,(H,10,11). The summed E-state index contributed by atoms with van der Waals surface area (Å²) in [7, 11) is 0. The molecule has 0 aliphatic carbocycles. The number of aromatic nitrogens is 3. The summed E-state index contributed by atoms with van der Waals surface area (Å²) in [6.45, 7) is 5.95. The molecule has 2 aromatic carbocycles. The van der Waals surface area contributed by atoms with Crippen LogP contribution in [0.1, 0.15) is 47.6 Å². The first kappa shape index (κ1) is 23.2. The average molecular weight is 462 g/mol. The zero-order valence-corrected chi connectivity index (χ0v) is 19.2. The van der Waals surface area contributed by atoms with E-state index in [2.05, 4.69) is 20.6 Å². The number of carbonyl (C=O) groups is 2. The van der Waals surface area contributed by atoms with E-state index in [-0.39, 0.29) is 11.8 Å². The van der Waals surface area contributed by atoms with Crippen molar-refractivity contribution in [3.63, 3.8) is 0 Å². The van der Waals surface area contributed by atoms with E-state index in [1.165, 1.54) is 0 Å². The number of carbonyl (C=O) groups excluding carboxylic acids is 2. The van der Waals surface area contributed by atoms with Crippen molar-refractivity contribution in [2.75, 3.05) is 19.6 Å². The summed E-state index contributed by atoms with van der Waals surface area (Å²) in [6, 6.07) is 15.0. The van der Waals surface area contributed by atoms with Gasteiger partial charge in [-0.15, -0.1) is 0 Å². The maximum atomic E-state index is 11.1. The van der Waals surface area contributed by atoms with Crippen LogP contribution in [0.2, 0.25) is 0 Å². The molecule has 34 heavy (non-hydrogen) atoms. The Balaban J connectivity index is 0.000000210.